The molecular weight excluding hydrogens is 403 g/mol. The number of nitrogens with zero attached hydrogens (tertiary/aromatic N) is 4. The van der Waals surface area contributed by atoms with Crippen molar-refractivity contribution in [2.24, 2.45) is 5.92 Å². The third kappa shape index (κ3) is 4.21. The molecule has 2 aromatic rings. The normalized spacial score (nSPS) is 18.3. The van der Waals surface area contributed by atoms with E-state index in [0.29, 0.717) is 28.8 Å². The highest BCUT2D eigenvalue weighted by Gasteiger charge is 2.50. The molecule has 1 saturated heterocycles. The second kappa shape index (κ2) is 6.89. The molecule has 0 spiro atoms. The number of anilines is 1. The van der Waals surface area contributed by atoms with Crippen LogP contribution in [0.2, 0.25) is 0 Å². The molecule has 0 bridgehead atoms. The first-order chi connectivity index (χ1) is 12.4. The van der Waals surface area contributed by atoms with Crippen LogP contribution in [0.15, 0.2) is 6.20 Å². The standard InChI is InChI=1S/C15H22F3N5O2S2/c1-14(2,3)11-9-23-13(20-11)26-12(21-23)19-8-10-4-6-22(7-5-10)27(24,25)15(16,17)18/h9-10H,4-8H2,1-3H3,(H,19,21). The Morgan fingerprint density at radius 2 is 1.89 bits per heavy atom. The van der Waals surface area contributed by atoms with Gasteiger partial charge in [0.15, 0.2) is 0 Å². The van der Waals surface area contributed by atoms with Crippen molar-refractivity contribution in [3.8, 4) is 0 Å². The van der Waals surface area contributed by atoms with E-state index in [9.17, 15) is 21.6 Å². The van der Waals surface area contributed by atoms with Crippen molar-refractivity contribution in [1.82, 2.24) is 18.9 Å². The van der Waals surface area contributed by atoms with Crippen LogP contribution < -0.4 is 5.32 Å². The summed E-state index contributed by atoms with van der Waals surface area (Å²) < 4.78 is 62.9. The van der Waals surface area contributed by atoms with E-state index >= 15 is 0 Å². The maximum atomic E-state index is 12.6. The maximum absolute atomic E-state index is 12.6. The second-order valence-electron chi connectivity index (χ2n) is 7.68. The van der Waals surface area contributed by atoms with Crippen LogP contribution >= 0.6 is 11.3 Å². The highest BCUT2D eigenvalue weighted by molar-refractivity contribution is 7.90. The molecule has 1 aliphatic heterocycles. The van der Waals surface area contributed by atoms with Crippen molar-refractivity contribution >= 4 is 31.5 Å². The van der Waals surface area contributed by atoms with Crippen LogP contribution in [0, 0.1) is 5.92 Å². The number of hydrogen-bond acceptors (Lipinski definition) is 6. The minimum absolute atomic E-state index is 0.0638. The molecule has 0 aromatic carbocycles. The molecule has 1 fully saturated rings. The first-order valence-corrected chi connectivity index (χ1v) is 10.8. The van der Waals surface area contributed by atoms with Gasteiger partial charge in [-0.2, -0.15) is 17.5 Å². The van der Waals surface area contributed by atoms with E-state index in [4.69, 9.17) is 0 Å². The van der Waals surface area contributed by atoms with Crippen LogP contribution in [0.5, 0.6) is 0 Å². The van der Waals surface area contributed by atoms with Crippen molar-refractivity contribution in [3.63, 3.8) is 0 Å². The van der Waals surface area contributed by atoms with Crippen LogP contribution in [0.1, 0.15) is 39.3 Å². The van der Waals surface area contributed by atoms with Gasteiger partial charge in [-0.3, -0.25) is 0 Å². The van der Waals surface area contributed by atoms with E-state index in [1.165, 1.54) is 11.3 Å². The molecule has 12 heteroatoms. The molecule has 1 N–H and O–H groups in total. The fourth-order valence-corrected chi connectivity index (χ4v) is 4.64. The lowest BCUT2D eigenvalue weighted by atomic mass is 9.93. The lowest BCUT2D eigenvalue weighted by Gasteiger charge is -2.31. The highest BCUT2D eigenvalue weighted by Crippen LogP contribution is 2.31. The van der Waals surface area contributed by atoms with Gasteiger partial charge in [0.2, 0.25) is 10.1 Å². The van der Waals surface area contributed by atoms with Crippen molar-refractivity contribution in [1.29, 1.82) is 0 Å². The number of nitrogens with one attached hydrogen (secondary N) is 1. The molecule has 0 aliphatic carbocycles. The molecule has 152 valence electrons. The Labute approximate surface area is 159 Å². The van der Waals surface area contributed by atoms with Gasteiger partial charge in [0.1, 0.15) is 0 Å². The summed E-state index contributed by atoms with van der Waals surface area (Å²) in [6, 6.07) is 0. The van der Waals surface area contributed by atoms with Gasteiger partial charge in [-0.15, -0.1) is 5.10 Å². The Morgan fingerprint density at radius 3 is 2.41 bits per heavy atom. The van der Waals surface area contributed by atoms with E-state index in [0.717, 1.165) is 10.7 Å². The summed E-state index contributed by atoms with van der Waals surface area (Å²) in [4.78, 5) is 5.33. The third-order valence-corrected chi connectivity index (χ3v) is 7.07. The highest BCUT2D eigenvalue weighted by atomic mass is 32.2. The fourth-order valence-electron chi connectivity index (χ4n) is 2.86. The number of halogens is 3. The topological polar surface area (TPSA) is 79.6 Å². The average Bonchev–Trinajstić information content (AvgIpc) is 3.10. The quantitative estimate of drug-likeness (QED) is 0.815. The zero-order chi connectivity index (χ0) is 20.0. The first kappa shape index (κ1) is 20.3. The van der Waals surface area contributed by atoms with Crippen LogP contribution in [0.3, 0.4) is 0 Å². The van der Waals surface area contributed by atoms with Gasteiger partial charge in [-0.05, 0) is 18.8 Å². The van der Waals surface area contributed by atoms with Gasteiger partial charge in [0, 0.05) is 25.0 Å². The van der Waals surface area contributed by atoms with Crippen molar-refractivity contribution in [3.05, 3.63) is 11.9 Å². The van der Waals surface area contributed by atoms with Gasteiger partial charge in [-0.1, -0.05) is 32.1 Å². The number of imidazole rings is 1. The fraction of sp³-hybridized carbons (Fsp3) is 0.733. The Morgan fingerprint density at radius 1 is 1.26 bits per heavy atom. The van der Waals surface area contributed by atoms with Gasteiger partial charge in [-0.25, -0.2) is 17.9 Å². The summed E-state index contributed by atoms with van der Waals surface area (Å²) >= 11 is 1.41. The van der Waals surface area contributed by atoms with Crippen LogP contribution in [-0.4, -0.2) is 52.5 Å². The Kier molecular flexibility index (Phi) is 5.19. The van der Waals surface area contributed by atoms with E-state index in [1.54, 1.807) is 4.52 Å². The first-order valence-electron chi connectivity index (χ1n) is 8.55. The monoisotopic (exact) mass is 425 g/mol. The zero-order valence-electron chi connectivity index (χ0n) is 15.2. The molecule has 2 aromatic heterocycles. The Balaban J connectivity index is 1.55. The molecule has 3 heterocycles. The van der Waals surface area contributed by atoms with Crippen molar-refractivity contribution in [2.45, 2.75) is 44.5 Å². The molecule has 7 nitrogen and oxygen atoms in total. The molecule has 0 unspecified atom stereocenters. The molecule has 3 rings (SSSR count). The average molecular weight is 426 g/mol. The molecule has 1 aliphatic rings. The Hall–Kier alpha value is -1.40. The summed E-state index contributed by atoms with van der Waals surface area (Å²) in [6.45, 7) is 6.51. The SMILES string of the molecule is CC(C)(C)c1cn2nc(NCC3CCN(S(=O)(=O)C(F)(F)F)CC3)sc2n1. The summed E-state index contributed by atoms with van der Waals surface area (Å²) in [5.74, 6) is 0.0889. The number of sulfonamides is 1. The molecule has 0 saturated carbocycles. The lowest BCUT2D eigenvalue weighted by molar-refractivity contribution is -0.0496. The minimum atomic E-state index is -5.24. The Bertz CT molecular complexity index is 875. The lowest BCUT2D eigenvalue weighted by Crippen LogP contribution is -2.45. The predicted molar refractivity (Wildman–Crippen MR) is 97.3 cm³/mol. The number of rotatable bonds is 4. The number of piperidine rings is 1. The summed E-state index contributed by atoms with van der Waals surface area (Å²) in [7, 11) is -5.23. The molecular formula is C15H22F3N5O2S2. The van der Waals surface area contributed by atoms with Crippen LogP contribution in [0.25, 0.3) is 4.96 Å². The largest absolute Gasteiger partial charge is 0.511 e. The van der Waals surface area contributed by atoms with Crippen LogP contribution in [0.4, 0.5) is 18.3 Å². The van der Waals surface area contributed by atoms with Gasteiger partial charge in [0.05, 0.1) is 11.9 Å². The van der Waals surface area contributed by atoms with E-state index in [-0.39, 0.29) is 24.4 Å². The molecule has 27 heavy (non-hydrogen) atoms. The molecule has 0 atom stereocenters. The number of fused-ring (bicyclic) bond motifs is 1. The summed E-state index contributed by atoms with van der Waals surface area (Å²) in [5, 5.41) is 8.30. The van der Waals surface area contributed by atoms with E-state index in [2.05, 4.69) is 36.2 Å². The van der Waals surface area contributed by atoms with Crippen molar-refractivity contribution < 1.29 is 21.6 Å². The van der Waals surface area contributed by atoms with Gasteiger partial charge < -0.3 is 5.32 Å². The van der Waals surface area contributed by atoms with E-state index in [1.807, 2.05) is 6.20 Å². The minimum Gasteiger partial charge on any atom is -0.360 e. The number of aromatic nitrogens is 3. The third-order valence-electron chi connectivity index (χ3n) is 4.56. The van der Waals surface area contributed by atoms with Crippen molar-refractivity contribution in [2.75, 3.05) is 25.0 Å². The van der Waals surface area contributed by atoms with Gasteiger partial charge in [0.25, 0.3) is 0 Å². The van der Waals surface area contributed by atoms with Crippen LogP contribution in [-0.2, 0) is 15.4 Å². The van der Waals surface area contributed by atoms with Gasteiger partial charge >= 0.3 is 15.5 Å². The smallest absolute Gasteiger partial charge is 0.360 e. The number of alkyl halides is 3. The maximum Gasteiger partial charge on any atom is 0.511 e. The van der Waals surface area contributed by atoms with E-state index < -0.39 is 15.5 Å². The molecule has 0 amide bonds. The zero-order valence-corrected chi connectivity index (χ0v) is 16.9. The molecule has 0 radical (unpaired) electrons. The number of hydrogen-bond donors (Lipinski definition) is 1. The second-order valence-corrected chi connectivity index (χ2v) is 10.6. The predicted octanol–water partition coefficient (Wildman–Crippen LogP) is 3.06. The summed E-state index contributed by atoms with van der Waals surface area (Å²) in [5.41, 5.74) is -4.35. The summed E-state index contributed by atoms with van der Waals surface area (Å²) in [6.07, 6.45) is 2.63.